The third-order valence-electron chi connectivity index (χ3n) is 5.69. The minimum Gasteiger partial charge on any atom is -0.480 e. The summed E-state index contributed by atoms with van der Waals surface area (Å²) in [5.74, 6) is -3.98. The maximum absolute atomic E-state index is 13.0. The van der Waals surface area contributed by atoms with Crippen LogP contribution in [0.4, 0.5) is 0 Å². The predicted octanol–water partition coefficient (Wildman–Crippen LogP) is -1.75. The third-order valence-corrected chi connectivity index (χ3v) is 5.69. The number of carboxylic acids is 1. The minimum absolute atomic E-state index is 0.172. The summed E-state index contributed by atoms with van der Waals surface area (Å²) in [6.45, 7) is 3.75. The molecule has 2 rings (SSSR count). The van der Waals surface area contributed by atoms with Gasteiger partial charge < -0.3 is 37.1 Å². The highest BCUT2D eigenvalue weighted by atomic mass is 16.4. The Morgan fingerprint density at radius 3 is 2.53 bits per heavy atom. The zero-order chi connectivity index (χ0) is 25.4. The van der Waals surface area contributed by atoms with Gasteiger partial charge in [-0.05, 0) is 25.2 Å². The first kappa shape index (κ1) is 26.8. The van der Waals surface area contributed by atoms with Crippen LogP contribution in [-0.2, 0) is 30.4 Å². The molecule has 0 spiro atoms. The Bertz CT molecular complexity index is 888. The summed E-state index contributed by atoms with van der Waals surface area (Å²) in [5, 5.41) is 14.3. The van der Waals surface area contributed by atoms with E-state index in [1.165, 1.54) is 11.2 Å². The second-order valence-electron chi connectivity index (χ2n) is 8.71. The summed E-state index contributed by atoms with van der Waals surface area (Å²) in [6, 6.07) is -4.03. The van der Waals surface area contributed by atoms with Gasteiger partial charge in [-0.2, -0.15) is 0 Å². The van der Waals surface area contributed by atoms with Crippen LogP contribution >= 0.6 is 0 Å². The Balaban J connectivity index is 2.04. The molecule has 4 unspecified atom stereocenters. The third kappa shape index (κ3) is 7.27. The first-order valence-corrected chi connectivity index (χ1v) is 11.2. The molecule has 0 saturated carbocycles. The van der Waals surface area contributed by atoms with E-state index in [1.54, 1.807) is 20.0 Å². The number of H-pyrrole nitrogens is 1. The highest BCUT2D eigenvalue weighted by molar-refractivity contribution is 5.94. The van der Waals surface area contributed by atoms with Gasteiger partial charge >= 0.3 is 5.97 Å². The lowest BCUT2D eigenvalue weighted by Gasteiger charge is -2.29. The van der Waals surface area contributed by atoms with E-state index in [2.05, 4.69) is 20.6 Å². The molecule has 4 amide bonds. The molecule has 2 heterocycles. The Morgan fingerprint density at radius 2 is 1.97 bits per heavy atom. The lowest BCUT2D eigenvalue weighted by molar-refractivity contribution is -0.143. The number of nitrogens with one attached hydrogen (secondary N) is 3. The number of primary amides is 1. The van der Waals surface area contributed by atoms with Crippen molar-refractivity contribution in [3.63, 3.8) is 0 Å². The number of carbonyl (C=O) groups excluding carboxylic acids is 4. The van der Waals surface area contributed by atoms with Crippen LogP contribution in [-0.4, -0.2) is 80.3 Å². The quantitative estimate of drug-likeness (QED) is 0.202. The van der Waals surface area contributed by atoms with E-state index >= 15 is 0 Å². The fraction of sp³-hybridized carbons (Fsp3) is 0.619. The summed E-state index contributed by atoms with van der Waals surface area (Å²) < 4.78 is 0. The molecular weight excluding hydrogens is 446 g/mol. The predicted molar refractivity (Wildman–Crippen MR) is 120 cm³/mol. The molecule has 1 aliphatic heterocycles. The Labute approximate surface area is 197 Å². The summed E-state index contributed by atoms with van der Waals surface area (Å²) in [7, 11) is 0. The number of aromatic amines is 1. The van der Waals surface area contributed by atoms with Gasteiger partial charge in [0.15, 0.2) is 0 Å². The average Bonchev–Trinajstić information content (AvgIpc) is 3.45. The fourth-order valence-electron chi connectivity index (χ4n) is 3.83. The number of aliphatic carboxylic acids is 1. The van der Waals surface area contributed by atoms with Crippen molar-refractivity contribution in [2.24, 2.45) is 17.4 Å². The van der Waals surface area contributed by atoms with Crippen LogP contribution < -0.4 is 22.1 Å². The van der Waals surface area contributed by atoms with Gasteiger partial charge in [0.05, 0.1) is 12.4 Å². The van der Waals surface area contributed by atoms with Crippen LogP contribution in [0.15, 0.2) is 12.5 Å². The van der Waals surface area contributed by atoms with Gasteiger partial charge in [0.1, 0.15) is 18.1 Å². The fourth-order valence-corrected chi connectivity index (χ4v) is 3.83. The number of rotatable bonds is 12. The average molecular weight is 480 g/mol. The number of carboxylic acid groups (broad SMARTS) is 1. The van der Waals surface area contributed by atoms with Crippen molar-refractivity contribution in [3.05, 3.63) is 18.2 Å². The topological polar surface area (TPSA) is 214 Å². The van der Waals surface area contributed by atoms with Crippen LogP contribution in [0.2, 0.25) is 0 Å². The van der Waals surface area contributed by atoms with Crippen molar-refractivity contribution < 1.29 is 29.1 Å². The van der Waals surface area contributed by atoms with Crippen molar-refractivity contribution in [1.82, 2.24) is 25.5 Å². The van der Waals surface area contributed by atoms with Gasteiger partial charge in [-0.1, -0.05) is 13.8 Å². The van der Waals surface area contributed by atoms with E-state index in [0.29, 0.717) is 25.1 Å². The van der Waals surface area contributed by atoms with E-state index in [1.807, 2.05) is 0 Å². The van der Waals surface area contributed by atoms with Crippen molar-refractivity contribution in [3.8, 4) is 0 Å². The van der Waals surface area contributed by atoms with E-state index in [4.69, 9.17) is 11.5 Å². The first-order chi connectivity index (χ1) is 16.0. The molecule has 1 fully saturated rings. The summed E-state index contributed by atoms with van der Waals surface area (Å²) in [4.78, 5) is 69.3. The molecule has 13 nitrogen and oxygen atoms in total. The van der Waals surface area contributed by atoms with Crippen molar-refractivity contribution in [2.45, 2.75) is 70.1 Å². The molecule has 0 aromatic carbocycles. The molecule has 8 N–H and O–H groups in total. The molecule has 34 heavy (non-hydrogen) atoms. The lowest BCUT2D eigenvalue weighted by atomic mass is 10.0. The highest BCUT2D eigenvalue weighted by Crippen LogP contribution is 2.20. The zero-order valence-electron chi connectivity index (χ0n) is 19.3. The number of amides is 4. The lowest BCUT2D eigenvalue weighted by Crippen LogP contribution is -2.58. The van der Waals surface area contributed by atoms with Gasteiger partial charge in [-0.25, -0.2) is 9.78 Å². The van der Waals surface area contributed by atoms with Crippen molar-refractivity contribution in [2.75, 3.05) is 6.54 Å². The molecule has 0 bridgehead atoms. The Hall–Kier alpha value is -3.48. The number of nitrogens with two attached hydrogens (primary N) is 2. The van der Waals surface area contributed by atoms with Crippen molar-refractivity contribution in [1.29, 1.82) is 0 Å². The second-order valence-corrected chi connectivity index (χ2v) is 8.71. The summed E-state index contributed by atoms with van der Waals surface area (Å²) >= 11 is 0. The zero-order valence-corrected chi connectivity index (χ0v) is 19.3. The molecule has 1 aliphatic rings. The maximum Gasteiger partial charge on any atom is 0.326 e. The Morgan fingerprint density at radius 1 is 1.26 bits per heavy atom. The molecule has 0 radical (unpaired) electrons. The molecule has 1 aromatic heterocycles. The number of carbonyl (C=O) groups is 5. The first-order valence-electron chi connectivity index (χ1n) is 11.2. The normalized spacial score (nSPS) is 18.2. The van der Waals surface area contributed by atoms with E-state index in [9.17, 15) is 29.1 Å². The van der Waals surface area contributed by atoms with Crippen LogP contribution in [0.25, 0.3) is 0 Å². The van der Waals surface area contributed by atoms with Gasteiger partial charge in [0.25, 0.3) is 0 Å². The van der Waals surface area contributed by atoms with E-state index in [0.717, 1.165) is 0 Å². The largest absolute Gasteiger partial charge is 0.480 e. The SMILES string of the molecule is CC(C)C(NC(=O)C1CCCN1C(=O)C(N)Cc1cnc[nH]1)C(=O)NC(CCC(N)=O)C(=O)O. The van der Waals surface area contributed by atoms with Gasteiger partial charge in [0, 0.05) is 31.3 Å². The second kappa shape index (κ2) is 12.1. The van der Waals surface area contributed by atoms with Crippen LogP contribution in [0.1, 0.15) is 45.2 Å². The monoisotopic (exact) mass is 479 g/mol. The molecule has 13 heteroatoms. The highest BCUT2D eigenvalue weighted by Gasteiger charge is 2.38. The van der Waals surface area contributed by atoms with Crippen LogP contribution in [0, 0.1) is 5.92 Å². The number of aromatic nitrogens is 2. The van der Waals surface area contributed by atoms with Gasteiger partial charge in [0.2, 0.25) is 23.6 Å². The number of hydrogen-bond donors (Lipinski definition) is 6. The van der Waals surface area contributed by atoms with Gasteiger partial charge in [-0.15, -0.1) is 0 Å². The van der Waals surface area contributed by atoms with E-state index < -0.39 is 47.9 Å². The molecule has 1 aromatic rings. The number of imidazole rings is 1. The van der Waals surface area contributed by atoms with Crippen molar-refractivity contribution >= 4 is 29.6 Å². The Kier molecular flexibility index (Phi) is 9.54. The molecule has 188 valence electrons. The molecule has 0 aliphatic carbocycles. The minimum atomic E-state index is -1.33. The number of nitrogens with zero attached hydrogens (tertiary/aromatic N) is 2. The summed E-state index contributed by atoms with van der Waals surface area (Å²) in [6.07, 6.45) is 3.93. The number of hydrogen-bond acceptors (Lipinski definition) is 7. The van der Waals surface area contributed by atoms with Crippen LogP contribution in [0.3, 0.4) is 0 Å². The molecule has 1 saturated heterocycles. The smallest absolute Gasteiger partial charge is 0.326 e. The molecular formula is C21H33N7O6. The van der Waals surface area contributed by atoms with Gasteiger partial charge in [-0.3, -0.25) is 19.2 Å². The maximum atomic E-state index is 13.0. The standard InChI is InChI=1S/C21H33N7O6/c1-11(2)17(19(31)26-14(21(33)34)5-6-16(23)29)27-18(30)15-4-3-7-28(15)20(32)13(22)8-12-9-24-10-25-12/h9-11,13-15,17H,3-8,22H2,1-2H3,(H2,23,29)(H,24,25)(H,26,31)(H,27,30)(H,33,34). The summed E-state index contributed by atoms with van der Waals surface area (Å²) in [5.41, 5.74) is 11.8. The molecule has 4 atom stereocenters. The number of likely N-dealkylation sites (tertiary alicyclic amines) is 1. The van der Waals surface area contributed by atoms with Crippen LogP contribution in [0.5, 0.6) is 0 Å². The van der Waals surface area contributed by atoms with E-state index in [-0.39, 0.29) is 31.1 Å².